The Morgan fingerprint density at radius 3 is 2.38 bits per heavy atom. The molecule has 0 fully saturated rings. The molecule has 114 valence electrons. The molecule has 0 atom stereocenters. The maximum absolute atomic E-state index is 11.8. The summed E-state index contributed by atoms with van der Waals surface area (Å²) < 4.78 is 0. The number of carboxylic acids is 1. The SMILES string of the molecule is CCN(CC(=O)O)c1ccc(C(=O)N(C)C)cc1[N+](=O)[O-]. The van der Waals surface area contributed by atoms with Crippen LogP contribution in [-0.2, 0) is 4.79 Å². The van der Waals surface area contributed by atoms with Crippen molar-refractivity contribution in [1.82, 2.24) is 4.90 Å². The lowest BCUT2D eigenvalue weighted by Gasteiger charge is -2.21. The van der Waals surface area contributed by atoms with Crippen LogP contribution in [0.3, 0.4) is 0 Å². The first-order valence-corrected chi connectivity index (χ1v) is 6.24. The Kier molecular flexibility index (Phi) is 5.23. The molecular weight excluding hydrogens is 278 g/mol. The molecule has 0 spiro atoms. The summed E-state index contributed by atoms with van der Waals surface area (Å²) in [6, 6.07) is 4.03. The summed E-state index contributed by atoms with van der Waals surface area (Å²) in [4.78, 5) is 35.9. The molecule has 0 heterocycles. The van der Waals surface area contributed by atoms with Crippen molar-refractivity contribution in [2.45, 2.75) is 6.92 Å². The minimum Gasteiger partial charge on any atom is -0.480 e. The predicted octanol–water partition coefficient (Wildman–Crippen LogP) is 1.21. The molecule has 21 heavy (non-hydrogen) atoms. The van der Waals surface area contributed by atoms with Crippen LogP contribution in [-0.4, -0.2) is 54.0 Å². The molecule has 1 amide bonds. The van der Waals surface area contributed by atoms with Crippen molar-refractivity contribution in [3.8, 4) is 0 Å². The van der Waals surface area contributed by atoms with Crippen molar-refractivity contribution in [1.29, 1.82) is 0 Å². The summed E-state index contributed by atoms with van der Waals surface area (Å²) in [7, 11) is 3.09. The van der Waals surface area contributed by atoms with Gasteiger partial charge in [0.1, 0.15) is 12.2 Å². The fraction of sp³-hybridized carbons (Fsp3) is 0.385. The summed E-state index contributed by atoms with van der Waals surface area (Å²) in [5.41, 5.74) is 0.0767. The van der Waals surface area contributed by atoms with E-state index in [4.69, 9.17) is 5.11 Å². The molecule has 1 aromatic rings. The molecule has 1 rings (SSSR count). The minimum absolute atomic E-state index is 0.181. The van der Waals surface area contributed by atoms with Gasteiger partial charge in [0.05, 0.1) is 4.92 Å². The Labute approximate surface area is 121 Å². The number of carbonyl (C=O) groups is 2. The van der Waals surface area contributed by atoms with Crippen molar-refractivity contribution < 1.29 is 19.6 Å². The first-order chi connectivity index (χ1) is 9.77. The Morgan fingerprint density at radius 1 is 1.33 bits per heavy atom. The Balaban J connectivity index is 3.30. The predicted molar refractivity (Wildman–Crippen MR) is 76.6 cm³/mol. The van der Waals surface area contributed by atoms with Gasteiger partial charge in [0.2, 0.25) is 0 Å². The van der Waals surface area contributed by atoms with Gasteiger partial charge in [0, 0.05) is 32.3 Å². The lowest BCUT2D eigenvalue weighted by Crippen LogP contribution is -2.30. The van der Waals surface area contributed by atoms with Crippen LogP contribution < -0.4 is 4.90 Å². The monoisotopic (exact) mass is 295 g/mol. The molecule has 0 saturated heterocycles. The quantitative estimate of drug-likeness (QED) is 0.625. The van der Waals surface area contributed by atoms with E-state index in [9.17, 15) is 19.7 Å². The molecule has 0 aliphatic heterocycles. The average molecular weight is 295 g/mol. The van der Waals surface area contributed by atoms with Gasteiger partial charge in [-0.1, -0.05) is 0 Å². The first-order valence-electron chi connectivity index (χ1n) is 6.24. The molecule has 0 bridgehead atoms. The number of benzene rings is 1. The zero-order chi connectivity index (χ0) is 16.2. The fourth-order valence-corrected chi connectivity index (χ4v) is 1.86. The van der Waals surface area contributed by atoms with Gasteiger partial charge in [0.25, 0.3) is 11.6 Å². The molecule has 0 aliphatic rings. The zero-order valence-electron chi connectivity index (χ0n) is 12.1. The van der Waals surface area contributed by atoms with E-state index in [-0.39, 0.29) is 29.4 Å². The molecule has 0 aromatic heterocycles. The van der Waals surface area contributed by atoms with Crippen LogP contribution in [0.15, 0.2) is 18.2 Å². The zero-order valence-corrected chi connectivity index (χ0v) is 12.1. The number of nitro benzene ring substituents is 1. The van der Waals surface area contributed by atoms with Crippen LogP contribution in [0.2, 0.25) is 0 Å². The fourth-order valence-electron chi connectivity index (χ4n) is 1.86. The molecule has 0 saturated carbocycles. The average Bonchev–Trinajstić information content (AvgIpc) is 2.42. The normalized spacial score (nSPS) is 10.0. The minimum atomic E-state index is -1.08. The van der Waals surface area contributed by atoms with Crippen LogP contribution in [0, 0.1) is 10.1 Å². The number of nitro groups is 1. The number of hydrogen-bond donors (Lipinski definition) is 1. The lowest BCUT2D eigenvalue weighted by molar-refractivity contribution is -0.384. The third-order valence-electron chi connectivity index (χ3n) is 2.87. The molecule has 1 N–H and O–H groups in total. The number of likely N-dealkylation sites (N-methyl/N-ethyl adjacent to an activating group) is 1. The highest BCUT2D eigenvalue weighted by Gasteiger charge is 2.22. The number of hydrogen-bond acceptors (Lipinski definition) is 5. The van der Waals surface area contributed by atoms with E-state index in [0.717, 1.165) is 0 Å². The van der Waals surface area contributed by atoms with E-state index in [0.29, 0.717) is 6.54 Å². The highest BCUT2D eigenvalue weighted by atomic mass is 16.6. The van der Waals surface area contributed by atoms with Crippen LogP contribution in [0.25, 0.3) is 0 Å². The maximum atomic E-state index is 11.8. The molecule has 1 aromatic carbocycles. The standard InChI is InChI=1S/C13H17N3O5/c1-4-15(8-12(17)18)10-6-5-9(13(19)14(2)3)7-11(10)16(20)21/h5-7H,4,8H2,1-3H3,(H,17,18). The Hall–Kier alpha value is -2.64. The second-order valence-corrected chi connectivity index (χ2v) is 4.57. The number of carboxylic acid groups (broad SMARTS) is 1. The number of rotatable bonds is 6. The van der Waals surface area contributed by atoms with Gasteiger partial charge >= 0.3 is 5.97 Å². The summed E-state index contributed by atoms with van der Waals surface area (Å²) in [5.74, 6) is -1.44. The van der Waals surface area contributed by atoms with Crippen LogP contribution in [0.1, 0.15) is 17.3 Å². The number of carbonyl (C=O) groups excluding carboxylic acids is 1. The summed E-state index contributed by atoms with van der Waals surface area (Å²) in [6.07, 6.45) is 0. The molecule has 0 unspecified atom stereocenters. The van der Waals surface area contributed by atoms with Gasteiger partial charge in [-0.05, 0) is 19.1 Å². The van der Waals surface area contributed by atoms with Gasteiger partial charge in [0.15, 0.2) is 0 Å². The topological polar surface area (TPSA) is 104 Å². The van der Waals surface area contributed by atoms with E-state index in [1.54, 1.807) is 21.0 Å². The molecular formula is C13H17N3O5. The highest BCUT2D eigenvalue weighted by Crippen LogP contribution is 2.29. The molecule has 8 nitrogen and oxygen atoms in total. The molecule has 0 aliphatic carbocycles. The van der Waals surface area contributed by atoms with Gasteiger partial charge < -0.3 is 14.9 Å². The van der Waals surface area contributed by atoms with Crippen molar-refractivity contribution in [3.63, 3.8) is 0 Å². The largest absolute Gasteiger partial charge is 0.480 e. The van der Waals surface area contributed by atoms with Crippen LogP contribution >= 0.6 is 0 Å². The van der Waals surface area contributed by atoms with Crippen molar-refractivity contribution in [2.75, 3.05) is 32.1 Å². The number of nitrogens with zero attached hydrogens (tertiary/aromatic N) is 3. The third-order valence-corrected chi connectivity index (χ3v) is 2.87. The van der Waals surface area contributed by atoms with E-state index in [1.165, 1.54) is 28.0 Å². The van der Waals surface area contributed by atoms with Crippen molar-refractivity contribution >= 4 is 23.3 Å². The van der Waals surface area contributed by atoms with E-state index >= 15 is 0 Å². The molecule has 8 heteroatoms. The van der Waals surface area contributed by atoms with Gasteiger partial charge in [-0.2, -0.15) is 0 Å². The van der Waals surface area contributed by atoms with Gasteiger partial charge in [-0.15, -0.1) is 0 Å². The first kappa shape index (κ1) is 16.4. The van der Waals surface area contributed by atoms with Crippen LogP contribution in [0.4, 0.5) is 11.4 Å². The number of anilines is 1. The second-order valence-electron chi connectivity index (χ2n) is 4.57. The third kappa shape index (κ3) is 3.91. The van der Waals surface area contributed by atoms with E-state index in [1.807, 2.05) is 0 Å². The van der Waals surface area contributed by atoms with E-state index < -0.39 is 10.9 Å². The summed E-state index contributed by atoms with van der Waals surface area (Å²) in [6.45, 7) is 1.65. The lowest BCUT2D eigenvalue weighted by atomic mass is 10.1. The van der Waals surface area contributed by atoms with Gasteiger partial charge in [-0.3, -0.25) is 19.7 Å². The van der Waals surface area contributed by atoms with Crippen LogP contribution in [0.5, 0.6) is 0 Å². The maximum Gasteiger partial charge on any atom is 0.323 e. The highest BCUT2D eigenvalue weighted by molar-refractivity contribution is 5.95. The second kappa shape index (κ2) is 6.69. The summed E-state index contributed by atoms with van der Waals surface area (Å²) in [5, 5.41) is 20.0. The van der Waals surface area contributed by atoms with Crippen molar-refractivity contribution in [2.24, 2.45) is 0 Å². The number of aliphatic carboxylic acids is 1. The summed E-state index contributed by atoms with van der Waals surface area (Å²) >= 11 is 0. The Bertz CT molecular complexity index is 571. The smallest absolute Gasteiger partial charge is 0.323 e. The Morgan fingerprint density at radius 2 is 1.95 bits per heavy atom. The van der Waals surface area contributed by atoms with Gasteiger partial charge in [-0.25, -0.2) is 0 Å². The number of amides is 1. The molecule has 0 radical (unpaired) electrons. The van der Waals surface area contributed by atoms with Crippen molar-refractivity contribution in [3.05, 3.63) is 33.9 Å². The van der Waals surface area contributed by atoms with E-state index in [2.05, 4.69) is 0 Å².